The fraction of sp³-hybridized carbons (Fsp3) is 1.00. The van der Waals surface area contributed by atoms with E-state index < -0.39 is 10.0 Å². The fourth-order valence-electron chi connectivity index (χ4n) is 2.41. The van der Waals surface area contributed by atoms with Crippen LogP contribution >= 0.6 is 11.8 Å². The van der Waals surface area contributed by atoms with Crippen LogP contribution in [0, 0.1) is 5.92 Å². The van der Waals surface area contributed by atoms with Crippen LogP contribution < -0.4 is 10.0 Å². The lowest BCUT2D eigenvalue weighted by atomic mass is 10.0. The quantitative estimate of drug-likeness (QED) is 0.799. The van der Waals surface area contributed by atoms with E-state index in [0.29, 0.717) is 12.5 Å². The maximum atomic E-state index is 12.1. The minimum Gasteiger partial charge on any atom is -0.317 e. The molecule has 0 aliphatic carbocycles. The number of nitrogens with one attached hydrogen (secondary N) is 2. The third-order valence-electron chi connectivity index (χ3n) is 3.64. The number of rotatable bonds is 4. The summed E-state index contributed by atoms with van der Waals surface area (Å²) in [4.78, 5) is 0. The van der Waals surface area contributed by atoms with Gasteiger partial charge in [-0.15, -0.1) is 0 Å². The lowest BCUT2D eigenvalue weighted by Gasteiger charge is -2.25. The second-order valence-corrected chi connectivity index (χ2v) is 8.17. The largest absolute Gasteiger partial charge is 0.317 e. The van der Waals surface area contributed by atoms with Crippen molar-refractivity contribution in [3.8, 4) is 0 Å². The van der Waals surface area contributed by atoms with Crippen LogP contribution in [-0.2, 0) is 10.0 Å². The lowest BCUT2D eigenvalue weighted by Crippen LogP contribution is -2.43. The van der Waals surface area contributed by atoms with Crippen molar-refractivity contribution in [2.75, 3.05) is 31.1 Å². The average Bonchev–Trinajstić information content (AvgIpc) is 2.39. The predicted octanol–water partition coefficient (Wildman–Crippen LogP) is 0.801. The molecule has 0 amide bonds. The minimum atomic E-state index is -3.08. The van der Waals surface area contributed by atoms with Crippen molar-refractivity contribution < 1.29 is 8.42 Å². The van der Waals surface area contributed by atoms with Gasteiger partial charge in [0.05, 0.1) is 5.25 Å². The molecule has 100 valence electrons. The molecule has 0 aromatic rings. The first-order valence-corrected chi connectivity index (χ1v) is 9.15. The molecule has 2 saturated heterocycles. The summed E-state index contributed by atoms with van der Waals surface area (Å²) in [7, 11) is -3.08. The number of sulfonamides is 1. The maximum Gasteiger partial charge on any atom is 0.214 e. The molecule has 2 heterocycles. The van der Waals surface area contributed by atoms with Crippen LogP contribution in [0.15, 0.2) is 0 Å². The van der Waals surface area contributed by atoms with Crippen molar-refractivity contribution in [1.82, 2.24) is 10.0 Å². The predicted molar refractivity (Wildman–Crippen MR) is 72.9 cm³/mol. The Hall–Kier alpha value is 0.220. The molecule has 2 aliphatic heterocycles. The number of hydrogen-bond acceptors (Lipinski definition) is 4. The average molecular weight is 278 g/mol. The van der Waals surface area contributed by atoms with E-state index in [1.165, 1.54) is 11.5 Å². The van der Waals surface area contributed by atoms with Crippen LogP contribution in [0.25, 0.3) is 0 Å². The van der Waals surface area contributed by atoms with Crippen molar-refractivity contribution in [3.63, 3.8) is 0 Å². The molecule has 2 rings (SSSR count). The van der Waals surface area contributed by atoms with E-state index in [1.807, 2.05) is 11.8 Å². The molecule has 0 saturated carbocycles. The third kappa shape index (κ3) is 4.12. The van der Waals surface area contributed by atoms with Gasteiger partial charge >= 0.3 is 0 Å². The molecule has 0 spiro atoms. The second kappa shape index (κ2) is 6.41. The third-order valence-corrected chi connectivity index (χ3v) is 6.61. The molecule has 0 bridgehead atoms. The Morgan fingerprint density at radius 3 is 2.41 bits per heavy atom. The standard InChI is InChI=1S/C11H22N2O2S2/c14-17(15,11-1-5-12-6-2-11)13-9-10-3-7-16-8-4-10/h10-13H,1-9H2. The van der Waals surface area contributed by atoms with Crippen LogP contribution in [0.4, 0.5) is 0 Å². The number of hydrogen-bond donors (Lipinski definition) is 2. The second-order valence-electron chi connectivity index (χ2n) is 4.90. The van der Waals surface area contributed by atoms with E-state index in [9.17, 15) is 8.42 Å². The van der Waals surface area contributed by atoms with Gasteiger partial charge in [0.15, 0.2) is 0 Å². The van der Waals surface area contributed by atoms with Crippen molar-refractivity contribution in [2.45, 2.75) is 30.9 Å². The van der Waals surface area contributed by atoms with Crippen molar-refractivity contribution in [2.24, 2.45) is 5.92 Å². The summed E-state index contributed by atoms with van der Waals surface area (Å²) in [5, 5.41) is 3.02. The van der Waals surface area contributed by atoms with Crippen molar-refractivity contribution >= 4 is 21.8 Å². The Kier molecular flexibility index (Phi) is 5.14. The van der Waals surface area contributed by atoms with Crippen molar-refractivity contribution in [1.29, 1.82) is 0 Å². The summed E-state index contributed by atoms with van der Waals surface area (Å²) in [5.41, 5.74) is 0. The smallest absolute Gasteiger partial charge is 0.214 e. The van der Waals surface area contributed by atoms with E-state index in [2.05, 4.69) is 10.0 Å². The molecular formula is C11H22N2O2S2. The van der Waals surface area contributed by atoms with E-state index in [4.69, 9.17) is 0 Å². The zero-order valence-electron chi connectivity index (χ0n) is 10.2. The molecule has 2 N–H and O–H groups in total. The van der Waals surface area contributed by atoms with Gasteiger partial charge in [-0.2, -0.15) is 11.8 Å². The van der Waals surface area contributed by atoms with Gasteiger partial charge in [0.2, 0.25) is 10.0 Å². The Morgan fingerprint density at radius 2 is 1.76 bits per heavy atom. The molecule has 2 aliphatic rings. The summed E-state index contributed by atoms with van der Waals surface area (Å²) in [6, 6.07) is 0. The molecular weight excluding hydrogens is 256 g/mol. The van der Waals surface area contributed by atoms with E-state index in [-0.39, 0.29) is 5.25 Å². The van der Waals surface area contributed by atoms with Gasteiger partial charge in [-0.05, 0) is 56.2 Å². The summed E-state index contributed by atoms with van der Waals surface area (Å²) in [5.74, 6) is 2.91. The Labute approximate surface area is 108 Å². The van der Waals surface area contributed by atoms with Crippen LogP contribution in [0.5, 0.6) is 0 Å². The van der Waals surface area contributed by atoms with Crippen LogP contribution in [0.2, 0.25) is 0 Å². The molecule has 17 heavy (non-hydrogen) atoms. The van der Waals surface area contributed by atoms with E-state index in [0.717, 1.165) is 38.8 Å². The van der Waals surface area contributed by atoms with Crippen LogP contribution in [-0.4, -0.2) is 44.8 Å². The molecule has 0 unspecified atom stereocenters. The highest BCUT2D eigenvalue weighted by Gasteiger charge is 2.27. The Bertz CT molecular complexity index is 320. The monoisotopic (exact) mass is 278 g/mol. The Balaban J connectivity index is 1.79. The van der Waals surface area contributed by atoms with E-state index in [1.54, 1.807) is 0 Å². The molecule has 6 heteroatoms. The van der Waals surface area contributed by atoms with Gasteiger partial charge in [0.1, 0.15) is 0 Å². The molecule has 0 aromatic heterocycles. The molecule has 0 aromatic carbocycles. The van der Waals surface area contributed by atoms with Gasteiger partial charge in [-0.3, -0.25) is 0 Å². The summed E-state index contributed by atoms with van der Waals surface area (Å²) < 4.78 is 27.0. The summed E-state index contributed by atoms with van der Waals surface area (Å²) in [6.45, 7) is 2.30. The molecule has 0 radical (unpaired) electrons. The highest BCUT2D eigenvalue weighted by atomic mass is 32.2. The Morgan fingerprint density at radius 1 is 1.12 bits per heavy atom. The lowest BCUT2D eigenvalue weighted by molar-refractivity contribution is 0.459. The van der Waals surface area contributed by atoms with Gasteiger partial charge < -0.3 is 5.32 Å². The fourth-order valence-corrected chi connectivity index (χ4v) is 5.17. The van der Waals surface area contributed by atoms with Crippen LogP contribution in [0.1, 0.15) is 25.7 Å². The van der Waals surface area contributed by atoms with Gasteiger partial charge in [0, 0.05) is 6.54 Å². The first kappa shape index (κ1) is 13.6. The highest BCUT2D eigenvalue weighted by Crippen LogP contribution is 2.22. The number of thioether (sulfide) groups is 1. The zero-order chi connectivity index (χ0) is 12.1. The molecule has 4 nitrogen and oxygen atoms in total. The minimum absolute atomic E-state index is 0.179. The summed E-state index contributed by atoms with van der Waals surface area (Å²) in [6.07, 6.45) is 3.80. The van der Waals surface area contributed by atoms with Crippen LogP contribution in [0.3, 0.4) is 0 Å². The molecule has 0 atom stereocenters. The van der Waals surface area contributed by atoms with Gasteiger partial charge in [0.25, 0.3) is 0 Å². The first-order chi connectivity index (χ1) is 8.18. The topological polar surface area (TPSA) is 58.2 Å². The van der Waals surface area contributed by atoms with Crippen molar-refractivity contribution in [3.05, 3.63) is 0 Å². The zero-order valence-corrected chi connectivity index (χ0v) is 11.8. The van der Waals surface area contributed by atoms with Gasteiger partial charge in [-0.1, -0.05) is 0 Å². The SMILES string of the molecule is O=S(=O)(NCC1CCSCC1)C1CCNCC1. The maximum absolute atomic E-state index is 12.1. The van der Waals surface area contributed by atoms with Gasteiger partial charge in [-0.25, -0.2) is 13.1 Å². The molecule has 2 fully saturated rings. The summed E-state index contributed by atoms with van der Waals surface area (Å²) >= 11 is 1.97. The van der Waals surface area contributed by atoms with E-state index >= 15 is 0 Å². The first-order valence-electron chi connectivity index (χ1n) is 6.45. The normalized spacial score (nSPS) is 24.9. The number of piperidine rings is 1. The highest BCUT2D eigenvalue weighted by molar-refractivity contribution is 7.99.